The van der Waals surface area contributed by atoms with Gasteiger partial charge < -0.3 is 10.0 Å². The Balaban J connectivity index is 1.43. The summed E-state index contributed by atoms with van der Waals surface area (Å²) in [4.78, 5) is 12.7. The average molecular weight is 476 g/mol. The Bertz CT molecular complexity index is 1160. The average Bonchev–Trinajstić information content (AvgIpc) is 3.42. The Kier molecular flexibility index (Phi) is 4.40. The molecule has 6 rings (SSSR count). The van der Waals surface area contributed by atoms with Crippen molar-refractivity contribution in [2.45, 2.75) is 31.3 Å². The van der Waals surface area contributed by atoms with Crippen LogP contribution in [0.2, 0.25) is 0 Å². The standard InChI is InChI=1S/C24H20BrN4O2/c1-14-6-12-17(13-7-14)29-23(24(30)31-27-29)20-22-21(15-8-10-16(25)11-9-15)28(22)19-5-3-2-4-18(19)26-20/h2-13,21-24,27H,1H3/q-1. The van der Waals surface area contributed by atoms with Gasteiger partial charge >= 0.3 is 0 Å². The van der Waals surface area contributed by atoms with Crippen LogP contribution in [0.25, 0.3) is 0 Å². The molecule has 0 bridgehead atoms. The molecule has 2 saturated heterocycles. The predicted octanol–water partition coefficient (Wildman–Crippen LogP) is 3.78. The second-order valence-electron chi connectivity index (χ2n) is 8.10. The molecule has 0 aromatic heterocycles. The molecule has 4 unspecified atom stereocenters. The smallest absolute Gasteiger partial charge is 0.101 e. The first kappa shape index (κ1) is 19.0. The molecule has 1 N–H and O–H groups in total. The van der Waals surface area contributed by atoms with E-state index >= 15 is 0 Å². The van der Waals surface area contributed by atoms with Gasteiger partial charge in [0.05, 0.1) is 34.9 Å². The van der Waals surface area contributed by atoms with Gasteiger partial charge in [0.1, 0.15) is 6.04 Å². The topological polar surface area (TPSA) is 62.9 Å². The molecule has 0 aliphatic carbocycles. The Morgan fingerprint density at radius 3 is 2.45 bits per heavy atom. The van der Waals surface area contributed by atoms with Crippen molar-refractivity contribution in [3.05, 3.63) is 88.4 Å². The van der Waals surface area contributed by atoms with Gasteiger partial charge in [-0.05, 0) is 48.9 Å². The van der Waals surface area contributed by atoms with Gasteiger partial charge in [-0.15, -0.1) is 5.59 Å². The Hall–Kier alpha value is -2.71. The normalized spacial score (nSPS) is 26.4. The monoisotopic (exact) mass is 475 g/mol. The fourth-order valence-electron chi connectivity index (χ4n) is 4.60. The van der Waals surface area contributed by atoms with Gasteiger partial charge in [-0.3, -0.25) is 14.8 Å². The van der Waals surface area contributed by atoms with Crippen LogP contribution in [0.3, 0.4) is 0 Å². The minimum absolute atomic E-state index is 0.0222. The van der Waals surface area contributed by atoms with Crippen molar-refractivity contribution in [3.8, 4) is 0 Å². The number of hydrogen-bond donors (Lipinski definition) is 1. The number of fused-ring (bicyclic) bond motifs is 3. The number of halogens is 1. The summed E-state index contributed by atoms with van der Waals surface area (Å²) in [6.45, 7) is 2.04. The van der Waals surface area contributed by atoms with Gasteiger partial charge in [-0.25, -0.2) is 0 Å². The van der Waals surface area contributed by atoms with Gasteiger partial charge in [0, 0.05) is 10.8 Å². The highest BCUT2D eigenvalue weighted by molar-refractivity contribution is 9.10. The maximum Gasteiger partial charge on any atom is 0.101 e. The van der Waals surface area contributed by atoms with Crippen LogP contribution in [0.4, 0.5) is 17.1 Å². The van der Waals surface area contributed by atoms with Crippen LogP contribution in [0, 0.1) is 6.92 Å². The number of hydrazine groups is 1. The molecule has 2 fully saturated rings. The number of aliphatic imine (C=N–C) groups is 1. The van der Waals surface area contributed by atoms with E-state index in [-0.39, 0.29) is 12.1 Å². The maximum absolute atomic E-state index is 12.9. The molecule has 3 aliphatic heterocycles. The number of nitrogens with one attached hydrogen (secondary N) is 1. The molecule has 7 heteroatoms. The molecule has 3 aliphatic rings. The largest absolute Gasteiger partial charge is 0.828 e. The van der Waals surface area contributed by atoms with Crippen LogP contribution in [0.5, 0.6) is 0 Å². The van der Waals surface area contributed by atoms with Crippen LogP contribution in [-0.4, -0.2) is 24.1 Å². The fourth-order valence-corrected chi connectivity index (χ4v) is 4.87. The third-order valence-corrected chi connectivity index (χ3v) is 6.68. The minimum Gasteiger partial charge on any atom is -0.828 e. The highest BCUT2D eigenvalue weighted by atomic mass is 79.9. The first-order valence-corrected chi connectivity index (χ1v) is 11.1. The first-order valence-electron chi connectivity index (χ1n) is 10.3. The molecular weight excluding hydrogens is 456 g/mol. The van der Waals surface area contributed by atoms with Crippen LogP contribution in [0.15, 0.2) is 82.3 Å². The lowest BCUT2D eigenvalue weighted by Gasteiger charge is -2.31. The number of benzene rings is 3. The molecule has 3 heterocycles. The minimum atomic E-state index is -1.28. The number of aryl methyl sites for hydroxylation is 1. The fraction of sp³-hybridized carbons (Fsp3) is 0.208. The van der Waals surface area contributed by atoms with E-state index in [1.165, 1.54) is 5.56 Å². The Morgan fingerprint density at radius 2 is 1.68 bits per heavy atom. The van der Waals surface area contributed by atoms with Gasteiger partial charge in [0.15, 0.2) is 0 Å². The molecule has 3 aromatic rings. The quantitative estimate of drug-likeness (QED) is 0.583. The summed E-state index contributed by atoms with van der Waals surface area (Å²) in [6, 6.07) is 24.1. The highest BCUT2D eigenvalue weighted by Crippen LogP contribution is 2.54. The molecule has 0 radical (unpaired) electrons. The molecule has 0 amide bonds. The molecule has 31 heavy (non-hydrogen) atoms. The number of rotatable bonds is 3. The summed E-state index contributed by atoms with van der Waals surface area (Å²) in [5.41, 5.74) is 8.88. The van der Waals surface area contributed by atoms with E-state index in [0.717, 1.165) is 32.8 Å². The molecule has 0 spiro atoms. The lowest BCUT2D eigenvalue weighted by Crippen LogP contribution is -2.51. The second-order valence-corrected chi connectivity index (χ2v) is 9.02. The third-order valence-electron chi connectivity index (χ3n) is 6.15. The van der Waals surface area contributed by atoms with Gasteiger partial charge in [-0.2, -0.15) is 0 Å². The van der Waals surface area contributed by atoms with Crippen molar-refractivity contribution in [1.29, 1.82) is 0 Å². The third kappa shape index (κ3) is 3.08. The van der Waals surface area contributed by atoms with E-state index < -0.39 is 12.3 Å². The van der Waals surface area contributed by atoms with Crippen molar-refractivity contribution >= 4 is 38.7 Å². The van der Waals surface area contributed by atoms with E-state index in [4.69, 9.17) is 9.83 Å². The van der Waals surface area contributed by atoms with Crippen molar-refractivity contribution < 1.29 is 9.94 Å². The van der Waals surface area contributed by atoms with E-state index in [0.29, 0.717) is 0 Å². The molecular formula is C24H20BrN4O2-. The van der Waals surface area contributed by atoms with Crippen LogP contribution in [-0.2, 0) is 4.84 Å². The lowest BCUT2D eigenvalue weighted by molar-refractivity contribution is -0.487. The van der Waals surface area contributed by atoms with Crippen LogP contribution < -0.4 is 20.6 Å². The molecule has 0 saturated carbocycles. The van der Waals surface area contributed by atoms with Gasteiger partial charge in [0.25, 0.3) is 0 Å². The molecule has 3 aromatic carbocycles. The summed E-state index contributed by atoms with van der Waals surface area (Å²) in [6.07, 6.45) is -1.28. The highest BCUT2D eigenvalue weighted by Gasteiger charge is 2.57. The molecule has 156 valence electrons. The Morgan fingerprint density at radius 1 is 0.935 bits per heavy atom. The number of hydrogen-bond acceptors (Lipinski definition) is 6. The van der Waals surface area contributed by atoms with Crippen molar-refractivity contribution in [2.75, 3.05) is 9.91 Å². The van der Waals surface area contributed by atoms with E-state index in [1.807, 2.05) is 49.4 Å². The zero-order chi connectivity index (χ0) is 21.1. The summed E-state index contributed by atoms with van der Waals surface area (Å²) < 4.78 is 1.04. The SMILES string of the molecule is Cc1ccc(N2NOC([O-])C2C2=Nc3ccccc3N3C2C3c2ccc(Br)cc2)cc1. The second kappa shape index (κ2) is 7.17. The zero-order valence-electron chi connectivity index (χ0n) is 16.8. The summed E-state index contributed by atoms with van der Waals surface area (Å²) >= 11 is 3.52. The molecule has 4 atom stereocenters. The Labute approximate surface area is 188 Å². The lowest BCUT2D eigenvalue weighted by atomic mass is 10.0. The van der Waals surface area contributed by atoms with Crippen LogP contribution >= 0.6 is 15.9 Å². The van der Waals surface area contributed by atoms with Crippen molar-refractivity contribution in [1.82, 2.24) is 5.59 Å². The number of anilines is 2. The van der Waals surface area contributed by atoms with Crippen molar-refractivity contribution in [2.24, 2.45) is 4.99 Å². The zero-order valence-corrected chi connectivity index (χ0v) is 18.4. The van der Waals surface area contributed by atoms with Crippen molar-refractivity contribution in [3.63, 3.8) is 0 Å². The number of nitrogens with zero attached hydrogens (tertiary/aromatic N) is 3. The van der Waals surface area contributed by atoms with Gasteiger partial charge in [-0.1, -0.05) is 57.9 Å². The number of para-hydroxylation sites is 2. The van der Waals surface area contributed by atoms with E-state index in [1.54, 1.807) is 5.01 Å². The first-order chi connectivity index (χ1) is 15.1. The summed E-state index contributed by atoms with van der Waals surface area (Å²) in [5, 5.41) is 14.7. The van der Waals surface area contributed by atoms with E-state index in [2.05, 4.69) is 56.8 Å². The van der Waals surface area contributed by atoms with Gasteiger partial charge in [0.2, 0.25) is 0 Å². The maximum atomic E-state index is 12.9. The molecule has 6 nitrogen and oxygen atoms in total. The predicted molar refractivity (Wildman–Crippen MR) is 122 cm³/mol. The summed E-state index contributed by atoms with van der Waals surface area (Å²) in [5.74, 6) is 0. The van der Waals surface area contributed by atoms with Crippen LogP contribution in [0.1, 0.15) is 17.2 Å². The van der Waals surface area contributed by atoms with E-state index in [9.17, 15) is 5.11 Å². The summed E-state index contributed by atoms with van der Waals surface area (Å²) in [7, 11) is 0.